The highest BCUT2D eigenvalue weighted by atomic mass is 16.5. The maximum Gasteiger partial charge on any atom is 0.407 e. The Balaban J connectivity index is 2.72. The highest BCUT2D eigenvalue weighted by molar-refractivity contribution is 5.86. The Morgan fingerprint density at radius 1 is 1.16 bits per heavy atom. The fraction of sp³-hybridized carbons (Fsp3) is 0.857. The molecule has 5 nitrogen and oxygen atoms in total. The van der Waals surface area contributed by atoms with Gasteiger partial charge in [-0.15, -0.1) is 0 Å². The molecule has 0 saturated heterocycles. The van der Waals surface area contributed by atoms with Crippen LogP contribution < -0.4 is 10.6 Å². The van der Waals surface area contributed by atoms with Gasteiger partial charge in [0.1, 0.15) is 6.04 Å². The van der Waals surface area contributed by atoms with Gasteiger partial charge in [-0.2, -0.15) is 0 Å². The molecule has 0 aromatic heterocycles. The zero-order chi connectivity index (χ0) is 14.5. The monoisotopic (exact) mass is 270 g/mol. The maximum absolute atomic E-state index is 12.3. The number of methoxy groups -OCH3 is 1. The SMILES string of the molecule is COC(=O)NC(C(=O)NC(C)(C)C)C1CCCCC1. The minimum atomic E-state index is -0.542. The molecule has 0 heterocycles. The van der Waals surface area contributed by atoms with Crippen LogP contribution in [-0.2, 0) is 9.53 Å². The van der Waals surface area contributed by atoms with Gasteiger partial charge in [-0.05, 0) is 39.5 Å². The van der Waals surface area contributed by atoms with Crippen molar-refractivity contribution in [3.63, 3.8) is 0 Å². The average Bonchev–Trinajstić information content (AvgIpc) is 2.34. The largest absolute Gasteiger partial charge is 0.453 e. The number of hydrogen-bond acceptors (Lipinski definition) is 3. The minimum absolute atomic E-state index is 0.121. The number of alkyl carbamates (subject to hydrolysis) is 1. The second-order valence-corrected chi connectivity index (χ2v) is 6.25. The third-order valence-corrected chi connectivity index (χ3v) is 3.36. The molecule has 0 bridgehead atoms. The second kappa shape index (κ2) is 6.78. The number of ether oxygens (including phenoxy) is 1. The molecule has 2 amide bonds. The number of nitrogens with one attached hydrogen (secondary N) is 2. The van der Waals surface area contributed by atoms with Crippen molar-refractivity contribution >= 4 is 12.0 Å². The molecule has 110 valence electrons. The van der Waals surface area contributed by atoms with E-state index in [1.807, 2.05) is 20.8 Å². The van der Waals surface area contributed by atoms with E-state index in [4.69, 9.17) is 0 Å². The summed E-state index contributed by atoms with van der Waals surface area (Å²) < 4.78 is 4.62. The lowest BCUT2D eigenvalue weighted by atomic mass is 9.83. The molecular weight excluding hydrogens is 244 g/mol. The Bertz CT molecular complexity index is 317. The van der Waals surface area contributed by atoms with Gasteiger partial charge < -0.3 is 15.4 Å². The second-order valence-electron chi connectivity index (χ2n) is 6.25. The first-order chi connectivity index (χ1) is 8.83. The van der Waals surface area contributed by atoms with E-state index in [1.54, 1.807) is 0 Å². The molecule has 1 unspecified atom stereocenters. The number of amides is 2. The van der Waals surface area contributed by atoms with Crippen LogP contribution in [0.5, 0.6) is 0 Å². The van der Waals surface area contributed by atoms with E-state index >= 15 is 0 Å². The average molecular weight is 270 g/mol. The van der Waals surface area contributed by atoms with Gasteiger partial charge in [0.2, 0.25) is 5.91 Å². The molecule has 0 radical (unpaired) electrons. The van der Waals surface area contributed by atoms with Crippen molar-refractivity contribution in [3.05, 3.63) is 0 Å². The normalized spacial score (nSPS) is 18.5. The lowest BCUT2D eigenvalue weighted by Gasteiger charge is -2.32. The predicted octanol–water partition coefficient (Wildman–Crippen LogP) is 2.21. The van der Waals surface area contributed by atoms with Gasteiger partial charge in [0.25, 0.3) is 0 Å². The molecule has 19 heavy (non-hydrogen) atoms. The molecule has 1 atom stereocenters. The number of carbonyl (C=O) groups excluding carboxylic acids is 2. The summed E-state index contributed by atoms with van der Waals surface area (Å²) in [5.41, 5.74) is -0.304. The van der Waals surface area contributed by atoms with Crippen molar-refractivity contribution in [3.8, 4) is 0 Å². The number of carbonyl (C=O) groups is 2. The molecule has 1 fully saturated rings. The first-order valence-electron chi connectivity index (χ1n) is 7.00. The van der Waals surface area contributed by atoms with Crippen molar-refractivity contribution in [2.24, 2.45) is 5.92 Å². The Morgan fingerprint density at radius 3 is 2.21 bits per heavy atom. The molecule has 0 aromatic carbocycles. The van der Waals surface area contributed by atoms with E-state index < -0.39 is 12.1 Å². The fourth-order valence-corrected chi connectivity index (χ4v) is 2.50. The lowest BCUT2D eigenvalue weighted by Crippen LogP contribution is -2.55. The predicted molar refractivity (Wildman–Crippen MR) is 73.8 cm³/mol. The first-order valence-corrected chi connectivity index (χ1v) is 7.00. The van der Waals surface area contributed by atoms with E-state index in [1.165, 1.54) is 13.5 Å². The van der Waals surface area contributed by atoms with Crippen molar-refractivity contribution in [2.45, 2.75) is 64.5 Å². The van der Waals surface area contributed by atoms with Crippen LogP contribution in [-0.4, -0.2) is 30.7 Å². The minimum Gasteiger partial charge on any atom is -0.453 e. The molecule has 0 aliphatic heterocycles. The first kappa shape index (κ1) is 15.8. The van der Waals surface area contributed by atoms with Crippen molar-refractivity contribution < 1.29 is 14.3 Å². The summed E-state index contributed by atoms with van der Waals surface area (Å²) in [5.74, 6) is 0.0833. The number of hydrogen-bond donors (Lipinski definition) is 2. The van der Waals surface area contributed by atoms with Crippen molar-refractivity contribution in [1.29, 1.82) is 0 Å². The van der Waals surface area contributed by atoms with Gasteiger partial charge in [-0.25, -0.2) is 4.79 Å². The van der Waals surface area contributed by atoms with Crippen LogP contribution in [0.1, 0.15) is 52.9 Å². The standard InChI is InChI=1S/C14H26N2O3/c1-14(2,3)16-12(17)11(15-13(18)19-4)10-8-6-5-7-9-10/h10-11H,5-9H2,1-4H3,(H,15,18)(H,16,17). The Labute approximate surface area is 115 Å². The van der Waals surface area contributed by atoms with E-state index in [0.717, 1.165) is 25.7 Å². The molecular formula is C14H26N2O3. The van der Waals surface area contributed by atoms with Gasteiger partial charge >= 0.3 is 6.09 Å². The van der Waals surface area contributed by atoms with Crippen LogP contribution in [0.2, 0.25) is 0 Å². The number of rotatable bonds is 3. The zero-order valence-corrected chi connectivity index (χ0v) is 12.4. The summed E-state index contributed by atoms with van der Waals surface area (Å²) in [6.07, 6.45) is 4.86. The third-order valence-electron chi connectivity index (χ3n) is 3.36. The summed E-state index contributed by atoms with van der Waals surface area (Å²) in [4.78, 5) is 23.7. The molecule has 1 aliphatic rings. The lowest BCUT2D eigenvalue weighted by molar-refractivity contribution is -0.126. The Kier molecular flexibility index (Phi) is 5.63. The smallest absolute Gasteiger partial charge is 0.407 e. The highest BCUT2D eigenvalue weighted by Gasteiger charge is 2.32. The van der Waals surface area contributed by atoms with Gasteiger partial charge in [0, 0.05) is 5.54 Å². The molecule has 5 heteroatoms. The topological polar surface area (TPSA) is 67.4 Å². The molecule has 1 aliphatic carbocycles. The van der Waals surface area contributed by atoms with Crippen molar-refractivity contribution in [1.82, 2.24) is 10.6 Å². The van der Waals surface area contributed by atoms with Crippen LogP contribution in [0, 0.1) is 5.92 Å². The van der Waals surface area contributed by atoms with Gasteiger partial charge in [-0.3, -0.25) is 4.79 Å². The highest BCUT2D eigenvalue weighted by Crippen LogP contribution is 2.27. The Morgan fingerprint density at radius 2 is 1.74 bits per heavy atom. The van der Waals surface area contributed by atoms with Crippen LogP contribution >= 0.6 is 0 Å². The van der Waals surface area contributed by atoms with Crippen LogP contribution in [0.15, 0.2) is 0 Å². The van der Waals surface area contributed by atoms with Gasteiger partial charge in [0.15, 0.2) is 0 Å². The molecule has 1 saturated carbocycles. The van der Waals surface area contributed by atoms with E-state index in [-0.39, 0.29) is 17.4 Å². The van der Waals surface area contributed by atoms with Crippen LogP contribution in [0.3, 0.4) is 0 Å². The molecule has 0 aromatic rings. The molecule has 1 rings (SSSR count). The zero-order valence-electron chi connectivity index (χ0n) is 12.4. The maximum atomic E-state index is 12.3. The van der Waals surface area contributed by atoms with Gasteiger partial charge in [-0.1, -0.05) is 19.3 Å². The van der Waals surface area contributed by atoms with Gasteiger partial charge in [0.05, 0.1) is 7.11 Å². The van der Waals surface area contributed by atoms with E-state index in [2.05, 4.69) is 15.4 Å². The summed E-state index contributed by atoms with van der Waals surface area (Å²) >= 11 is 0. The van der Waals surface area contributed by atoms with E-state index in [0.29, 0.717) is 0 Å². The summed E-state index contributed by atoms with van der Waals surface area (Å²) in [6.45, 7) is 5.79. The quantitative estimate of drug-likeness (QED) is 0.826. The molecule has 0 spiro atoms. The van der Waals surface area contributed by atoms with Crippen LogP contribution in [0.4, 0.5) is 4.79 Å². The summed E-state index contributed by atoms with van der Waals surface area (Å²) in [6, 6.07) is -0.494. The fourth-order valence-electron chi connectivity index (χ4n) is 2.50. The Hall–Kier alpha value is -1.26. The van der Waals surface area contributed by atoms with Crippen LogP contribution in [0.25, 0.3) is 0 Å². The molecule has 2 N–H and O–H groups in total. The van der Waals surface area contributed by atoms with Crippen molar-refractivity contribution in [2.75, 3.05) is 7.11 Å². The summed E-state index contributed by atoms with van der Waals surface area (Å²) in [5, 5.41) is 5.62. The summed E-state index contributed by atoms with van der Waals surface area (Å²) in [7, 11) is 1.31. The third kappa shape index (κ3) is 5.49. The van der Waals surface area contributed by atoms with E-state index in [9.17, 15) is 9.59 Å².